The molecule has 76 valence electrons. The van der Waals surface area contributed by atoms with Crippen LogP contribution in [0.15, 0.2) is 36.9 Å². The van der Waals surface area contributed by atoms with Crippen molar-refractivity contribution >= 4 is 12.2 Å². The fourth-order valence-corrected chi connectivity index (χ4v) is 1.81. The van der Waals surface area contributed by atoms with Crippen molar-refractivity contribution in [2.45, 2.75) is 6.42 Å². The monoisotopic (exact) mass is 198 g/mol. The molecule has 0 radical (unpaired) electrons. The standard InChI is InChI=1S/C14H14O/c1-4-11-8-12-6-5-10(2)7-13(12)9-14(11)15-3/h4-6,8-9H,1-2,7H2,3H3. The summed E-state index contributed by atoms with van der Waals surface area (Å²) >= 11 is 0. The van der Waals surface area contributed by atoms with Crippen LogP contribution in [0.2, 0.25) is 0 Å². The maximum atomic E-state index is 5.31. The maximum Gasteiger partial charge on any atom is 0.126 e. The fourth-order valence-electron chi connectivity index (χ4n) is 1.81. The van der Waals surface area contributed by atoms with E-state index in [-0.39, 0.29) is 0 Å². The first-order valence-corrected chi connectivity index (χ1v) is 4.94. The van der Waals surface area contributed by atoms with Gasteiger partial charge in [-0.1, -0.05) is 37.0 Å². The van der Waals surface area contributed by atoms with Crippen molar-refractivity contribution < 1.29 is 4.74 Å². The highest BCUT2D eigenvalue weighted by Crippen LogP contribution is 2.29. The van der Waals surface area contributed by atoms with Crippen molar-refractivity contribution in [3.05, 3.63) is 53.6 Å². The molecule has 0 bridgehead atoms. The van der Waals surface area contributed by atoms with Crippen LogP contribution in [0.5, 0.6) is 5.75 Å². The van der Waals surface area contributed by atoms with Crippen LogP contribution in [-0.2, 0) is 6.42 Å². The fraction of sp³-hybridized carbons (Fsp3) is 0.143. The molecule has 0 unspecified atom stereocenters. The van der Waals surface area contributed by atoms with Crippen LogP contribution in [0.25, 0.3) is 12.2 Å². The number of hydrogen-bond donors (Lipinski definition) is 0. The predicted molar refractivity (Wildman–Crippen MR) is 65.0 cm³/mol. The van der Waals surface area contributed by atoms with Gasteiger partial charge in [0.25, 0.3) is 0 Å². The molecule has 0 amide bonds. The Morgan fingerprint density at radius 1 is 1.33 bits per heavy atom. The molecule has 0 saturated heterocycles. The lowest BCUT2D eigenvalue weighted by atomic mass is 9.92. The van der Waals surface area contributed by atoms with Gasteiger partial charge < -0.3 is 4.74 Å². The molecule has 0 saturated carbocycles. The van der Waals surface area contributed by atoms with Crippen molar-refractivity contribution in [3.63, 3.8) is 0 Å². The molecule has 1 aromatic rings. The van der Waals surface area contributed by atoms with Crippen LogP contribution in [0, 0.1) is 0 Å². The number of allylic oxidation sites excluding steroid dienone is 2. The number of methoxy groups -OCH3 is 1. The lowest BCUT2D eigenvalue weighted by molar-refractivity contribution is 0.413. The van der Waals surface area contributed by atoms with E-state index in [9.17, 15) is 0 Å². The van der Waals surface area contributed by atoms with Gasteiger partial charge in [-0.15, -0.1) is 0 Å². The van der Waals surface area contributed by atoms with Gasteiger partial charge in [0.15, 0.2) is 0 Å². The lowest BCUT2D eigenvalue weighted by Gasteiger charge is -2.15. The number of benzene rings is 1. The lowest BCUT2D eigenvalue weighted by Crippen LogP contribution is -1.99. The van der Waals surface area contributed by atoms with Gasteiger partial charge in [0.2, 0.25) is 0 Å². The summed E-state index contributed by atoms with van der Waals surface area (Å²) in [6.45, 7) is 7.75. The summed E-state index contributed by atoms with van der Waals surface area (Å²) in [6, 6.07) is 4.17. The molecule has 0 fully saturated rings. The molecular weight excluding hydrogens is 184 g/mol. The Bertz CT molecular complexity index is 453. The first-order chi connectivity index (χ1) is 7.24. The average Bonchev–Trinajstić information content (AvgIpc) is 2.27. The number of hydrogen-bond acceptors (Lipinski definition) is 1. The average molecular weight is 198 g/mol. The van der Waals surface area contributed by atoms with Gasteiger partial charge in [0.1, 0.15) is 5.75 Å². The van der Waals surface area contributed by atoms with Gasteiger partial charge in [-0.25, -0.2) is 0 Å². The zero-order chi connectivity index (χ0) is 10.8. The summed E-state index contributed by atoms with van der Waals surface area (Å²) < 4.78 is 5.31. The van der Waals surface area contributed by atoms with Crippen LogP contribution < -0.4 is 4.74 Å². The zero-order valence-corrected chi connectivity index (χ0v) is 8.92. The van der Waals surface area contributed by atoms with Gasteiger partial charge in [-0.3, -0.25) is 0 Å². The molecule has 1 aliphatic rings. The third kappa shape index (κ3) is 1.73. The molecular formula is C14H14O. The van der Waals surface area contributed by atoms with E-state index in [0.29, 0.717) is 0 Å². The Balaban J connectivity index is 2.57. The molecule has 1 aliphatic carbocycles. The Morgan fingerprint density at radius 3 is 2.80 bits per heavy atom. The van der Waals surface area contributed by atoms with Crippen LogP contribution in [-0.4, -0.2) is 7.11 Å². The molecule has 1 aromatic carbocycles. The van der Waals surface area contributed by atoms with E-state index in [0.717, 1.165) is 23.3 Å². The van der Waals surface area contributed by atoms with E-state index in [1.54, 1.807) is 7.11 Å². The largest absolute Gasteiger partial charge is 0.496 e. The molecule has 0 aliphatic heterocycles. The van der Waals surface area contributed by atoms with E-state index >= 15 is 0 Å². The van der Waals surface area contributed by atoms with Gasteiger partial charge >= 0.3 is 0 Å². The van der Waals surface area contributed by atoms with E-state index in [1.165, 1.54) is 11.1 Å². The SMILES string of the molecule is C=Cc1cc2c(cc1OC)CC(=C)C=C2. The molecule has 0 spiro atoms. The van der Waals surface area contributed by atoms with Crippen LogP contribution in [0.3, 0.4) is 0 Å². The van der Waals surface area contributed by atoms with E-state index in [4.69, 9.17) is 4.74 Å². The second-order valence-corrected chi connectivity index (χ2v) is 3.67. The molecule has 2 rings (SSSR count). The normalized spacial score (nSPS) is 13.5. The minimum Gasteiger partial charge on any atom is -0.496 e. The van der Waals surface area contributed by atoms with E-state index < -0.39 is 0 Å². The molecule has 1 heteroatoms. The smallest absolute Gasteiger partial charge is 0.126 e. The summed E-state index contributed by atoms with van der Waals surface area (Å²) in [6.07, 6.45) is 6.87. The molecule has 0 heterocycles. The number of rotatable bonds is 2. The van der Waals surface area contributed by atoms with Crippen molar-refractivity contribution in [1.82, 2.24) is 0 Å². The van der Waals surface area contributed by atoms with Crippen molar-refractivity contribution in [1.29, 1.82) is 0 Å². The van der Waals surface area contributed by atoms with Crippen molar-refractivity contribution in [2.75, 3.05) is 7.11 Å². The summed E-state index contributed by atoms with van der Waals surface area (Å²) in [5.41, 5.74) is 4.67. The summed E-state index contributed by atoms with van der Waals surface area (Å²) in [4.78, 5) is 0. The first-order valence-electron chi connectivity index (χ1n) is 4.94. The van der Waals surface area contributed by atoms with Crippen LogP contribution in [0.4, 0.5) is 0 Å². The second-order valence-electron chi connectivity index (χ2n) is 3.67. The predicted octanol–water partition coefficient (Wildman–Crippen LogP) is 3.46. The Morgan fingerprint density at radius 2 is 2.13 bits per heavy atom. The highest BCUT2D eigenvalue weighted by Gasteiger charge is 2.10. The molecule has 0 aromatic heterocycles. The quantitative estimate of drug-likeness (QED) is 0.707. The molecule has 0 N–H and O–H groups in total. The van der Waals surface area contributed by atoms with E-state index in [1.807, 2.05) is 6.08 Å². The Hall–Kier alpha value is -1.76. The number of ether oxygens (including phenoxy) is 1. The third-order valence-corrected chi connectivity index (χ3v) is 2.63. The highest BCUT2D eigenvalue weighted by molar-refractivity contribution is 5.68. The molecule has 15 heavy (non-hydrogen) atoms. The summed E-state index contributed by atoms with van der Waals surface area (Å²) in [5.74, 6) is 0.881. The number of fused-ring (bicyclic) bond motifs is 1. The van der Waals surface area contributed by atoms with Crippen molar-refractivity contribution in [3.8, 4) is 5.75 Å². The van der Waals surface area contributed by atoms with Gasteiger partial charge in [0, 0.05) is 5.56 Å². The van der Waals surface area contributed by atoms with Gasteiger partial charge in [0.05, 0.1) is 7.11 Å². The topological polar surface area (TPSA) is 9.23 Å². The highest BCUT2D eigenvalue weighted by atomic mass is 16.5. The van der Waals surface area contributed by atoms with Gasteiger partial charge in [-0.2, -0.15) is 0 Å². The third-order valence-electron chi connectivity index (χ3n) is 2.63. The van der Waals surface area contributed by atoms with Crippen molar-refractivity contribution in [2.24, 2.45) is 0 Å². The Kier molecular flexibility index (Phi) is 2.46. The van der Waals surface area contributed by atoms with E-state index in [2.05, 4.69) is 37.4 Å². The minimum absolute atomic E-state index is 0.881. The minimum atomic E-state index is 0.881. The van der Waals surface area contributed by atoms with Crippen LogP contribution >= 0.6 is 0 Å². The summed E-state index contributed by atoms with van der Waals surface area (Å²) in [7, 11) is 1.68. The molecule has 0 atom stereocenters. The Labute approximate surface area is 90.4 Å². The maximum absolute atomic E-state index is 5.31. The molecule has 1 nitrogen and oxygen atoms in total. The zero-order valence-electron chi connectivity index (χ0n) is 8.92. The first kappa shape index (κ1) is 9.78. The second kappa shape index (κ2) is 3.77. The van der Waals surface area contributed by atoms with Crippen LogP contribution in [0.1, 0.15) is 16.7 Å². The van der Waals surface area contributed by atoms with Gasteiger partial charge in [-0.05, 0) is 29.7 Å². The summed E-state index contributed by atoms with van der Waals surface area (Å²) in [5, 5.41) is 0.